The van der Waals surface area contributed by atoms with Crippen molar-refractivity contribution in [2.24, 2.45) is 7.05 Å². The van der Waals surface area contributed by atoms with Crippen molar-refractivity contribution >= 4 is 11.8 Å². The van der Waals surface area contributed by atoms with E-state index < -0.39 is 0 Å². The second-order valence-electron chi connectivity index (χ2n) is 4.99. The molecule has 7 heteroatoms. The Morgan fingerprint density at radius 1 is 1.45 bits per heavy atom. The third kappa shape index (κ3) is 2.64. The fourth-order valence-corrected chi connectivity index (χ4v) is 3.53. The molecule has 2 aromatic heterocycles. The quantitative estimate of drug-likeness (QED) is 0.890. The predicted molar refractivity (Wildman–Crippen MR) is 79.8 cm³/mol. The molecule has 0 radical (unpaired) electrons. The van der Waals surface area contributed by atoms with Gasteiger partial charge in [-0.2, -0.15) is 16.9 Å². The van der Waals surface area contributed by atoms with Crippen molar-refractivity contribution in [1.82, 2.24) is 24.6 Å². The van der Waals surface area contributed by atoms with Gasteiger partial charge in [0, 0.05) is 42.9 Å². The van der Waals surface area contributed by atoms with E-state index in [1.165, 1.54) is 6.07 Å². The molecule has 6 nitrogen and oxygen atoms in total. The summed E-state index contributed by atoms with van der Waals surface area (Å²) in [5, 5.41) is 4.13. The maximum atomic E-state index is 11.9. The van der Waals surface area contributed by atoms with Crippen LogP contribution in [0.25, 0.3) is 11.3 Å². The number of H-pyrrole nitrogens is 1. The zero-order valence-corrected chi connectivity index (χ0v) is 12.4. The number of aromatic amines is 1. The first-order chi connectivity index (χ1) is 9.63. The van der Waals surface area contributed by atoms with Crippen LogP contribution < -0.4 is 5.56 Å². The van der Waals surface area contributed by atoms with E-state index in [1.54, 1.807) is 10.9 Å². The average Bonchev–Trinajstić information content (AvgIpc) is 2.85. The van der Waals surface area contributed by atoms with Crippen LogP contribution in [0.5, 0.6) is 0 Å². The smallest absolute Gasteiger partial charge is 0.251 e. The van der Waals surface area contributed by atoms with Gasteiger partial charge in [0.25, 0.3) is 5.56 Å². The molecule has 1 unspecified atom stereocenters. The molecule has 1 fully saturated rings. The van der Waals surface area contributed by atoms with Gasteiger partial charge in [-0.3, -0.25) is 14.4 Å². The number of hydrogen-bond donors (Lipinski definition) is 1. The Morgan fingerprint density at radius 2 is 2.30 bits per heavy atom. The van der Waals surface area contributed by atoms with Crippen LogP contribution in [-0.2, 0) is 7.05 Å². The highest BCUT2D eigenvalue weighted by molar-refractivity contribution is 7.99. The van der Waals surface area contributed by atoms with Crippen molar-refractivity contribution in [3.63, 3.8) is 0 Å². The molecular weight excluding hydrogens is 274 g/mol. The summed E-state index contributed by atoms with van der Waals surface area (Å²) >= 11 is 1.89. The summed E-state index contributed by atoms with van der Waals surface area (Å²) in [6, 6.07) is 1.69. The van der Waals surface area contributed by atoms with E-state index in [9.17, 15) is 4.79 Å². The molecule has 20 heavy (non-hydrogen) atoms. The van der Waals surface area contributed by atoms with Crippen LogP contribution >= 0.6 is 11.8 Å². The molecule has 1 aliphatic heterocycles. The Morgan fingerprint density at radius 3 is 3.00 bits per heavy atom. The predicted octanol–water partition coefficient (Wildman–Crippen LogP) is 0.890. The standard InChI is InChI=1S/C13H17N5OS/c1-17-3-4-20-8-11(17)13-15-10(5-12(19)16-13)9-6-14-18(2)7-9/h5-7,11H,3-4,8H2,1-2H3,(H,15,16,19). The van der Waals surface area contributed by atoms with E-state index in [-0.39, 0.29) is 11.6 Å². The van der Waals surface area contributed by atoms with E-state index in [1.807, 2.05) is 25.0 Å². The fourth-order valence-electron chi connectivity index (χ4n) is 2.31. The Kier molecular flexibility index (Phi) is 3.62. The van der Waals surface area contributed by atoms with E-state index in [0.29, 0.717) is 5.69 Å². The van der Waals surface area contributed by atoms with E-state index >= 15 is 0 Å². The molecule has 0 saturated carbocycles. The van der Waals surface area contributed by atoms with Crippen LogP contribution in [0.2, 0.25) is 0 Å². The van der Waals surface area contributed by atoms with Gasteiger partial charge in [0.15, 0.2) is 0 Å². The third-order valence-corrected chi connectivity index (χ3v) is 4.50. The number of hydrogen-bond acceptors (Lipinski definition) is 5. The minimum atomic E-state index is -0.113. The van der Waals surface area contributed by atoms with Gasteiger partial charge >= 0.3 is 0 Å². The van der Waals surface area contributed by atoms with Gasteiger partial charge in [-0.25, -0.2) is 4.98 Å². The molecule has 1 saturated heterocycles. The van der Waals surface area contributed by atoms with Crippen LogP contribution in [0.4, 0.5) is 0 Å². The summed E-state index contributed by atoms with van der Waals surface area (Å²) in [6.07, 6.45) is 3.59. The molecule has 0 spiro atoms. The third-order valence-electron chi connectivity index (χ3n) is 3.47. The van der Waals surface area contributed by atoms with Crippen molar-refractivity contribution in [2.45, 2.75) is 6.04 Å². The molecule has 0 amide bonds. The highest BCUT2D eigenvalue weighted by atomic mass is 32.2. The SMILES string of the molecule is CN1CCSCC1c1nc(-c2cnn(C)c2)cc(=O)[nH]1. The van der Waals surface area contributed by atoms with Crippen LogP contribution in [0.1, 0.15) is 11.9 Å². The summed E-state index contributed by atoms with van der Waals surface area (Å²) in [7, 11) is 3.92. The molecule has 1 aliphatic rings. The Labute approximate surface area is 121 Å². The lowest BCUT2D eigenvalue weighted by Gasteiger charge is -2.31. The topological polar surface area (TPSA) is 66.8 Å². The van der Waals surface area contributed by atoms with E-state index in [4.69, 9.17) is 0 Å². The zero-order chi connectivity index (χ0) is 14.1. The summed E-state index contributed by atoms with van der Waals surface area (Å²) in [5.74, 6) is 2.82. The summed E-state index contributed by atoms with van der Waals surface area (Å²) in [6.45, 7) is 1.01. The molecule has 3 heterocycles. The largest absolute Gasteiger partial charge is 0.309 e. The van der Waals surface area contributed by atoms with Gasteiger partial charge < -0.3 is 4.98 Å². The van der Waals surface area contributed by atoms with Crippen molar-refractivity contribution in [1.29, 1.82) is 0 Å². The lowest BCUT2D eigenvalue weighted by atomic mass is 10.2. The van der Waals surface area contributed by atoms with Crippen LogP contribution in [0.3, 0.4) is 0 Å². The molecule has 0 aliphatic carbocycles. The number of nitrogens with one attached hydrogen (secondary N) is 1. The van der Waals surface area contributed by atoms with Crippen molar-refractivity contribution < 1.29 is 0 Å². The molecule has 3 rings (SSSR count). The average molecular weight is 291 g/mol. The van der Waals surface area contributed by atoms with Gasteiger partial charge in [-0.1, -0.05) is 0 Å². The van der Waals surface area contributed by atoms with Gasteiger partial charge in [-0.15, -0.1) is 0 Å². The number of aryl methyl sites for hydroxylation is 1. The first-order valence-electron chi connectivity index (χ1n) is 6.52. The second kappa shape index (κ2) is 5.41. The summed E-state index contributed by atoms with van der Waals surface area (Å²) < 4.78 is 1.71. The van der Waals surface area contributed by atoms with Gasteiger partial charge in [-0.05, 0) is 7.05 Å². The summed E-state index contributed by atoms with van der Waals surface area (Å²) in [5.41, 5.74) is 1.43. The highest BCUT2D eigenvalue weighted by Gasteiger charge is 2.23. The molecule has 2 aromatic rings. The van der Waals surface area contributed by atoms with Crippen molar-refractivity contribution in [2.75, 3.05) is 25.1 Å². The minimum Gasteiger partial charge on any atom is -0.309 e. The number of aromatic nitrogens is 4. The van der Waals surface area contributed by atoms with Gasteiger partial charge in [0.1, 0.15) is 5.82 Å². The number of thioether (sulfide) groups is 1. The van der Waals surface area contributed by atoms with E-state index in [0.717, 1.165) is 29.4 Å². The van der Waals surface area contributed by atoms with Crippen LogP contribution in [-0.4, -0.2) is 49.7 Å². The van der Waals surface area contributed by atoms with Gasteiger partial charge in [0.05, 0.1) is 17.9 Å². The van der Waals surface area contributed by atoms with Crippen molar-refractivity contribution in [3.8, 4) is 11.3 Å². The molecule has 106 valence electrons. The Balaban J connectivity index is 2.00. The lowest BCUT2D eigenvalue weighted by Crippen LogP contribution is -2.34. The normalized spacial score (nSPS) is 20.2. The molecule has 0 aromatic carbocycles. The van der Waals surface area contributed by atoms with Crippen LogP contribution in [0.15, 0.2) is 23.3 Å². The molecule has 1 atom stereocenters. The first-order valence-corrected chi connectivity index (χ1v) is 7.67. The fraction of sp³-hybridized carbons (Fsp3) is 0.462. The number of nitrogens with zero attached hydrogens (tertiary/aromatic N) is 4. The Hall–Kier alpha value is -1.60. The first kappa shape index (κ1) is 13.4. The minimum absolute atomic E-state index is 0.113. The highest BCUT2D eigenvalue weighted by Crippen LogP contribution is 2.26. The molecule has 1 N–H and O–H groups in total. The monoisotopic (exact) mass is 291 g/mol. The molecule has 0 bridgehead atoms. The zero-order valence-electron chi connectivity index (χ0n) is 11.5. The maximum absolute atomic E-state index is 11.9. The summed E-state index contributed by atoms with van der Waals surface area (Å²) in [4.78, 5) is 21.6. The van der Waals surface area contributed by atoms with Crippen molar-refractivity contribution in [3.05, 3.63) is 34.6 Å². The second-order valence-corrected chi connectivity index (χ2v) is 6.14. The Bertz CT molecular complexity index is 665. The lowest BCUT2D eigenvalue weighted by molar-refractivity contribution is 0.264. The van der Waals surface area contributed by atoms with E-state index in [2.05, 4.69) is 27.0 Å². The number of rotatable bonds is 2. The maximum Gasteiger partial charge on any atom is 0.251 e. The molecular formula is C13H17N5OS. The van der Waals surface area contributed by atoms with Gasteiger partial charge in [0.2, 0.25) is 0 Å². The van der Waals surface area contributed by atoms with Crippen LogP contribution in [0, 0.1) is 0 Å².